The third-order valence-corrected chi connectivity index (χ3v) is 5.49. The highest BCUT2D eigenvalue weighted by atomic mass is 16.5. The molecule has 1 fully saturated rings. The largest absolute Gasteiger partial charge is 0.507 e. The number of benzene rings is 2. The second kappa shape index (κ2) is 8.88. The van der Waals surface area contributed by atoms with E-state index in [1.165, 1.54) is 12.0 Å². The molecular formula is C25H26N2O5. The van der Waals surface area contributed by atoms with Crippen LogP contribution in [0.4, 0.5) is 0 Å². The first-order chi connectivity index (χ1) is 15.4. The smallest absolute Gasteiger partial charge is 0.295 e. The number of likely N-dealkylation sites (tertiary alicyclic amines) is 1. The number of carbonyl (C=O) groups is 2. The quantitative estimate of drug-likeness (QED) is 0.333. The molecule has 1 aliphatic heterocycles. The number of aromatic nitrogens is 1. The van der Waals surface area contributed by atoms with Gasteiger partial charge in [-0.1, -0.05) is 30.3 Å². The van der Waals surface area contributed by atoms with Crippen molar-refractivity contribution in [2.45, 2.75) is 26.0 Å². The summed E-state index contributed by atoms with van der Waals surface area (Å²) in [6.07, 6.45) is 1.68. The molecule has 4 rings (SSSR count). The first-order valence-electron chi connectivity index (χ1n) is 10.5. The van der Waals surface area contributed by atoms with Gasteiger partial charge in [-0.15, -0.1) is 0 Å². The number of aliphatic hydroxyl groups is 1. The lowest BCUT2D eigenvalue weighted by atomic mass is 9.95. The van der Waals surface area contributed by atoms with Gasteiger partial charge in [0.25, 0.3) is 11.7 Å². The van der Waals surface area contributed by atoms with E-state index in [4.69, 9.17) is 9.47 Å². The van der Waals surface area contributed by atoms with E-state index < -0.39 is 17.7 Å². The number of H-pyrrole nitrogens is 1. The lowest BCUT2D eigenvalue weighted by Crippen LogP contribution is -2.32. The zero-order chi connectivity index (χ0) is 22.8. The van der Waals surface area contributed by atoms with Crippen molar-refractivity contribution in [3.05, 3.63) is 71.4 Å². The molecule has 1 unspecified atom stereocenters. The van der Waals surface area contributed by atoms with E-state index in [2.05, 4.69) is 4.98 Å². The van der Waals surface area contributed by atoms with Crippen LogP contribution in [0.25, 0.3) is 16.7 Å². The predicted octanol–water partition coefficient (Wildman–Crippen LogP) is 4.02. The van der Waals surface area contributed by atoms with Crippen molar-refractivity contribution >= 4 is 28.4 Å². The molecule has 0 spiro atoms. The van der Waals surface area contributed by atoms with Gasteiger partial charge in [-0.2, -0.15) is 0 Å². The van der Waals surface area contributed by atoms with E-state index in [0.29, 0.717) is 16.9 Å². The Morgan fingerprint density at radius 2 is 1.84 bits per heavy atom. The van der Waals surface area contributed by atoms with Gasteiger partial charge in [-0.25, -0.2) is 0 Å². The number of carbonyl (C=O) groups excluding carboxylic acids is 2. The van der Waals surface area contributed by atoms with Gasteiger partial charge in [0.1, 0.15) is 11.5 Å². The summed E-state index contributed by atoms with van der Waals surface area (Å²) in [6.45, 7) is 4.37. The zero-order valence-electron chi connectivity index (χ0n) is 18.3. The Labute approximate surface area is 186 Å². The molecule has 0 saturated carbocycles. The SMILES string of the molecule is COCCN1C(=O)C(=O)/C(=C(\O)c2c[nH]c3ccccc23)C1c1ccc(OC(C)C)cc1. The number of hydrogen-bond donors (Lipinski definition) is 2. The molecule has 7 nitrogen and oxygen atoms in total. The summed E-state index contributed by atoms with van der Waals surface area (Å²) >= 11 is 0. The van der Waals surface area contributed by atoms with Crippen LogP contribution in [0.15, 0.2) is 60.3 Å². The highest BCUT2D eigenvalue weighted by Crippen LogP contribution is 2.40. The number of ketones is 1. The Kier molecular flexibility index (Phi) is 6.01. The summed E-state index contributed by atoms with van der Waals surface area (Å²) in [5, 5.41) is 12.0. The van der Waals surface area contributed by atoms with E-state index in [-0.39, 0.29) is 30.6 Å². The van der Waals surface area contributed by atoms with Crippen LogP contribution in [0.1, 0.15) is 31.0 Å². The van der Waals surface area contributed by atoms with Gasteiger partial charge in [-0.3, -0.25) is 9.59 Å². The normalized spacial score (nSPS) is 18.1. The van der Waals surface area contributed by atoms with Gasteiger partial charge in [0, 0.05) is 36.3 Å². The van der Waals surface area contributed by atoms with E-state index in [1.807, 2.05) is 50.2 Å². The molecular weight excluding hydrogens is 408 g/mol. The fourth-order valence-electron chi connectivity index (χ4n) is 4.06. The Balaban J connectivity index is 1.84. The maximum absolute atomic E-state index is 13.1. The number of aliphatic hydroxyl groups excluding tert-OH is 1. The Morgan fingerprint density at radius 1 is 1.12 bits per heavy atom. The topological polar surface area (TPSA) is 91.9 Å². The van der Waals surface area contributed by atoms with Crippen LogP contribution in [0.2, 0.25) is 0 Å². The average Bonchev–Trinajstić information content (AvgIpc) is 3.32. The van der Waals surface area contributed by atoms with E-state index in [9.17, 15) is 14.7 Å². The third kappa shape index (κ3) is 3.87. The molecule has 1 amide bonds. The lowest BCUT2D eigenvalue weighted by molar-refractivity contribution is -0.140. The van der Waals surface area contributed by atoms with Crippen LogP contribution in [0.3, 0.4) is 0 Å². The number of amides is 1. The van der Waals surface area contributed by atoms with E-state index in [1.54, 1.807) is 18.3 Å². The lowest BCUT2D eigenvalue weighted by Gasteiger charge is -2.25. The number of fused-ring (bicyclic) bond motifs is 1. The van der Waals surface area contributed by atoms with Crippen LogP contribution in [-0.2, 0) is 14.3 Å². The minimum Gasteiger partial charge on any atom is -0.507 e. The Bertz CT molecular complexity index is 1180. The summed E-state index contributed by atoms with van der Waals surface area (Å²) in [4.78, 5) is 30.5. The molecule has 1 atom stereocenters. The number of para-hydroxylation sites is 1. The van der Waals surface area contributed by atoms with Crippen LogP contribution >= 0.6 is 0 Å². The summed E-state index contributed by atoms with van der Waals surface area (Å²) < 4.78 is 10.9. The van der Waals surface area contributed by atoms with Gasteiger partial charge in [-0.05, 0) is 37.6 Å². The molecule has 0 radical (unpaired) electrons. The summed E-state index contributed by atoms with van der Waals surface area (Å²) in [5.74, 6) is -0.880. The molecule has 2 aromatic carbocycles. The Hall–Kier alpha value is -3.58. The number of nitrogens with zero attached hydrogens (tertiary/aromatic N) is 1. The maximum atomic E-state index is 13.1. The highest BCUT2D eigenvalue weighted by molar-refractivity contribution is 6.46. The van der Waals surface area contributed by atoms with Crippen molar-refractivity contribution in [1.29, 1.82) is 0 Å². The van der Waals surface area contributed by atoms with Crippen molar-refractivity contribution < 1.29 is 24.2 Å². The number of aromatic amines is 1. The molecule has 1 saturated heterocycles. The molecule has 1 aromatic heterocycles. The molecule has 0 aliphatic carbocycles. The van der Waals surface area contributed by atoms with Crippen molar-refractivity contribution in [2.24, 2.45) is 0 Å². The van der Waals surface area contributed by atoms with Gasteiger partial charge < -0.3 is 24.5 Å². The van der Waals surface area contributed by atoms with Crippen LogP contribution < -0.4 is 4.74 Å². The van der Waals surface area contributed by atoms with E-state index in [0.717, 1.165) is 10.9 Å². The minimum absolute atomic E-state index is 0.0232. The summed E-state index contributed by atoms with van der Waals surface area (Å²) in [5.41, 5.74) is 2.08. The predicted molar refractivity (Wildman–Crippen MR) is 121 cm³/mol. The molecule has 3 aromatic rings. The molecule has 2 heterocycles. The molecule has 2 N–H and O–H groups in total. The highest BCUT2D eigenvalue weighted by Gasteiger charge is 2.46. The first-order valence-corrected chi connectivity index (χ1v) is 10.5. The fourth-order valence-corrected chi connectivity index (χ4v) is 4.06. The first kappa shape index (κ1) is 21.6. The summed E-state index contributed by atoms with van der Waals surface area (Å²) in [6, 6.07) is 14.0. The number of Topliss-reactive ketones (excluding diaryl/α,β-unsaturated/α-hetero) is 1. The van der Waals surface area contributed by atoms with Gasteiger partial charge >= 0.3 is 0 Å². The standard InChI is InChI=1S/C25H26N2O5/c1-15(2)32-17-10-8-16(9-11-17)22-21(24(29)25(30)27(22)12-13-31-3)23(28)19-14-26-20-7-5-4-6-18(19)20/h4-11,14-15,22,26,28H,12-13H2,1-3H3/b23-21-. The van der Waals surface area contributed by atoms with E-state index >= 15 is 0 Å². The number of hydrogen-bond acceptors (Lipinski definition) is 5. The van der Waals surface area contributed by atoms with Crippen molar-refractivity contribution in [2.75, 3.05) is 20.3 Å². The molecule has 32 heavy (non-hydrogen) atoms. The second-order valence-corrected chi connectivity index (χ2v) is 7.97. The van der Waals surface area contributed by atoms with Gasteiger partial charge in [0.05, 0.1) is 24.3 Å². The number of ether oxygens (including phenoxy) is 2. The molecule has 166 valence electrons. The van der Waals surface area contributed by atoms with Crippen LogP contribution in [0.5, 0.6) is 5.75 Å². The molecule has 7 heteroatoms. The monoisotopic (exact) mass is 434 g/mol. The third-order valence-electron chi connectivity index (χ3n) is 5.49. The van der Waals surface area contributed by atoms with Crippen molar-refractivity contribution in [3.8, 4) is 5.75 Å². The average molecular weight is 434 g/mol. The van der Waals surface area contributed by atoms with Gasteiger partial charge in [0.15, 0.2) is 0 Å². The molecule has 0 bridgehead atoms. The summed E-state index contributed by atoms with van der Waals surface area (Å²) in [7, 11) is 1.54. The minimum atomic E-state index is -0.730. The zero-order valence-corrected chi connectivity index (χ0v) is 18.3. The number of methoxy groups -OCH3 is 1. The Morgan fingerprint density at radius 3 is 2.53 bits per heavy atom. The maximum Gasteiger partial charge on any atom is 0.295 e. The number of rotatable bonds is 7. The van der Waals surface area contributed by atoms with Crippen molar-refractivity contribution in [1.82, 2.24) is 9.88 Å². The van der Waals surface area contributed by atoms with Crippen molar-refractivity contribution in [3.63, 3.8) is 0 Å². The van der Waals surface area contributed by atoms with Gasteiger partial charge in [0.2, 0.25) is 0 Å². The number of nitrogens with one attached hydrogen (secondary N) is 1. The second-order valence-electron chi connectivity index (χ2n) is 7.97. The molecule has 1 aliphatic rings. The van der Waals surface area contributed by atoms with Crippen LogP contribution in [-0.4, -0.2) is 53.0 Å². The fraction of sp³-hybridized carbons (Fsp3) is 0.280. The van der Waals surface area contributed by atoms with Crippen LogP contribution in [0, 0.1) is 0 Å².